The number of aromatic nitrogens is 3. The van der Waals surface area contributed by atoms with Gasteiger partial charge in [0, 0.05) is 18.4 Å². The summed E-state index contributed by atoms with van der Waals surface area (Å²) in [4.78, 5) is 22.8. The summed E-state index contributed by atoms with van der Waals surface area (Å²) in [5.41, 5.74) is 4.72. The Balaban J connectivity index is 1.52. The lowest BCUT2D eigenvalue weighted by molar-refractivity contribution is -0.255. The second-order valence-corrected chi connectivity index (χ2v) is 6.76. The van der Waals surface area contributed by atoms with Gasteiger partial charge in [-0.3, -0.25) is 4.79 Å². The van der Waals surface area contributed by atoms with Crippen LogP contribution in [0.5, 0.6) is 0 Å². The van der Waals surface area contributed by atoms with Crippen LogP contribution in [0.15, 0.2) is 65.1 Å². The number of amides is 1. The van der Waals surface area contributed by atoms with Crippen LogP contribution in [0.3, 0.4) is 0 Å². The number of nitrogens with zero attached hydrogens (tertiary/aromatic N) is 4. The average Bonchev–Trinajstić information content (AvgIpc) is 3.12. The van der Waals surface area contributed by atoms with E-state index < -0.39 is 5.97 Å². The molecule has 0 fully saturated rings. The van der Waals surface area contributed by atoms with Crippen molar-refractivity contribution >= 4 is 29.9 Å². The monoisotopic (exact) mass is 394 g/mol. The van der Waals surface area contributed by atoms with Crippen LogP contribution in [0.2, 0.25) is 0 Å². The van der Waals surface area contributed by atoms with Crippen LogP contribution in [-0.2, 0) is 12.8 Å². The van der Waals surface area contributed by atoms with E-state index in [9.17, 15) is 14.7 Å². The largest absolute Gasteiger partial charge is 0.545 e. The average molecular weight is 394 g/mol. The maximum absolute atomic E-state index is 12.1. The molecule has 0 unspecified atom stereocenters. The summed E-state index contributed by atoms with van der Waals surface area (Å²) in [6.45, 7) is 0. The van der Waals surface area contributed by atoms with Gasteiger partial charge in [-0.15, -0.1) is 10.2 Å². The molecule has 1 heterocycles. The lowest BCUT2D eigenvalue weighted by Crippen LogP contribution is -2.22. The van der Waals surface area contributed by atoms with Crippen LogP contribution in [0.25, 0.3) is 0 Å². The fraction of sp³-hybridized carbons (Fsp3) is 0.105. The Morgan fingerprint density at radius 2 is 1.82 bits per heavy atom. The molecule has 0 radical (unpaired) electrons. The minimum Gasteiger partial charge on any atom is -0.545 e. The van der Waals surface area contributed by atoms with E-state index in [1.807, 2.05) is 23.7 Å². The number of rotatable bonds is 7. The van der Waals surface area contributed by atoms with Gasteiger partial charge >= 0.3 is 0 Å². The number of aryl methyl sites for hydroxylation is 1. The summed E-state index contributed by atoms with van der Waals surface area (Å²) < 4.78 is 1.84. The molecular weight excluding hydrogens is 378 g/mol. The molecule has 0 saturated carbocycles. The number of hydrogen-bond acceptors (Lipinski definition) is 7. The smallest absolute Gasteiger partial charge is 0.271 e. The molecule has 0 aliphatic carbocycles. The van der Waals surface area contributed by atoms with Gasteiger partial charge in [0.2, 0.25) is 0 Å². The van der Waals surface area contributed by atoms with E-state index in [2.05, 4.69) is 20.7 Å². The van der Waals surface area contributed by atoms with Crippen LogP contribution in [0.1, 0.15) is 31.8 Å². The highest BCUT2D eigenvalue weighted by atomic mass is 32.2. The van der Waals surface area contributed by atoms with E-state index in [0.717, 1.165) is 10.7 Å². The van der Waals surface area contributed by atoms with Crippen LogP contribution < -0.4 is 10.5 Å². The molecule has 28 heavy (non-hydrogen) atoms. The molecule has 0 atom stereocenters. The number of hydrazone groups is 1. The highest BCUT2D eigenvalue weighted by Gasteiger charge is 2.06. The maximum atomic E-state index is 12.1. The van der Waals surface area contributed by atoms with Crippen molar-refractivity contribution in [1.29, 1.82) is 0 Å². The van der Waals surface area contributed by atoms with Crippen LogP contribution >= 0.6 is 11.8 Å². The quantitative estimate of drug-likeness (QED) is 0.366. The van der Waals surface area contributed by atoms with Crippen molar-refractivity contribution in [2.45, 2.75) is 10.9 Å². The summed E-state index contributed by atoms with van der Waals surface area (Å²) in [6.07, 6.45) is 3.08. The third kappa shape index (κ3) is 5.04. The topological polar surface area (TPSA) is 112 Å². The van der Waals surface area contributed by atoms with Crippen molar-refractivity contribution in [2.24, 2.45) is 12.1 Å². The Bertz CT molecular complexity index is 997. The molecule has 0 saturated heterocycles. The highest BCUT2D eigenvalue weighted by Crippen LogP contribution is 2.20. The van der Waals surface area contributed by atoms with Gasteiger partial charge in [0.25, 0.3) is 5.91 Å². The molecule has 0 aliphatic heterocycles. The van der Waals surface area contributed by atoms with Gasteiger partial charge in [0.05, 0.1) is 12.2 Å². The van der Waals surface area contributed by atoms with Crippen LogP contribution in [0, 0.1) is 0 Å². The molecule has 0 spiro atoms. The van der Waals surface area contributed by atoms with E-state index in [-0.39, 0.29) is 11.5 Å². The predicted molar refractivity (Wildman–Crippen MR) is 103 cm³/mol. The molecule has 3 rings (SSSR count). The molecular formula is C19H16N5O3S-. The summed E-state index contributed by atoms with van der Waals surface area (Å²) >= 11 is 1.56. The van der Waals surface area contributed by atoms with Crippen molar-refractivity contribution < 1.29 is 14.7 Å². The van der Waals surface area contributed by atoms with Gasteiger partial charge in [-0.2, -0.15) is 5.10 Å². The van der Waals surface area contributed by atoms with Crippen LogP contribution in [0.4, 0.5) is 0 Å². The highest BCUT2D eigenvalue weighted by molar-refractivity contribution is 7.98. The third-order valence-corrected chi connectivity index (χ3v) is 4.89. The first kappa shape index (κ1) is 19.3. The molecule has 1 amide bonds. The number of nitrogens with one attached hydrogen (secondary N) is 1. The Morgan fingerprint density at radius 3 is 2.43 bits per heavy atom. The third-order valence-electron chi connectivity index (χ3n) is 3.78. The first-order valence-electron chi connectivity index (χ1n) is 8.23. The first-order chi connectivity index (χ1) is 13.5. The molecule has 2 aromatic carbocycles. The lowest BCUT2D eigenvalue weighted by Gasteiger charge is -2.04. The Labute approximate surface area is 165 Å². The van der Waals surface area contributed by atoms with Gasteiger partial charge < -0.3 is 14.5 Å². The zero-order chi connectivity index (χ0) is 19.9. The number of thioether (sulfide) groups is 1. The van der Waals surface area contributed by atoms with Gasteiger partial charge in [0.15, 0.2) is 5.16 Å². The normalized spacial score (nSPS) is 10.9. The van der Waals surface area contributed by atoms with Gasteiger partial charge in [-0.05, 0) is 28.8 Å². The molecule has 3 aromatic rings. The summed E-state index contributed by atoms with van der Waals surface area (Å²) in [6, 6.07) is 13.2. The molecule has 8 nitrogen and oxygen atoms in total. The number of carbonyl (C=O) groups is 2. The zero-order valence-corrected chi connectivity index (χ0v) is 15.7. The number of hydrogen-bond donors (Lipinski definition) is 1. The number of carboxylic acids is 1. The van der Waals surface area contributed by atoms with E-state index in [1.54, 1.807) is 42.4 Å². The Kier molecular flexibility index (Phi) is 6.18. The predicted octanol–water partition coefficient (Wildman–Crippen LogP) is 1.23. The second kappa shape index (κ2) is 8.96. The van der Waals surface area contributed by atoms with Crippen molar-refractivity contribution in [1.82, 2.24) is 20.2 Å². The number of carbonyl (C=O) groups excluding carboxylic acids is 2. The van der Waals surface area contributed by atoms with E-state index in [0.29, 0.717) is 16.9 Å². The van der Waals surface area contributed by atoms with Crippen LogP contribution in [-0.4, -0.2) is 32.9 Å². The van der Waals surface area contributed by atoms with Gasteiger partial charge in [0.1, 0.15) is 6.33 Å². The fourth-order valence-electron chi connectivity index (χ4n) is 2.24. The lowest BCUT2D eigenvalue weighted by atomic mass is 10.1. The Morgan fingerprint density at radius 1 is 1.14 bits per heavy atom. The minimum absolute atomic E-state index is 0.0820. The summed E-state index contributed by atoms with van der Waals surface area (Å²) in [5.74, 6) is -0.862. The van der Waals surface area contributed by atoms with Crippen molar-refractivity contribution in [3.63, 3.8) is 0 Å². The van der Waals surface area contributed by atoms with E-state index >= 15 is 0 Å². The molecule has 142 valence electrons. The summed E-state index contributed by atoms with van der Waals surface area (Å²) in [7, 11) is 1.88. The fourth-order valence-corrected chi connectivity index (χ4v) is 3.08. The van der Waals surface area contributed by atoms with Crippen molar-refractivity contribution in [3.05, 3.63) is 77.1 Å². The first-order valence-corrected chi connectivity index (χ1v) is 9.22. The SMILES string of the molecule is Cn1cnnc1SCc1ccc(C(=O)N/N=C\c2ccc(C(=O)[O-])cc2)cc1. The summed E-state index contributed by atoms with van der Waals surface area (Å²) in [5, 5.41) is 23.3. The number of carboxylic acid groups (broad SMARTS) is 1. The van der Waals surface area contributed by atoms with Crippen molar-refractivity contribution in [3.8, 4) is 0 Å². The molecule has 1 aromatic heterocycles. The molecule has 1 N–H and O–H groups in total. The van der Waals surface area contributed by atoms with E-state index in [1.165, 1.54) is 18.3 Å². The van der Waals surface area contributed by atoms with Gasteiger partial charge in [-0.1, -0.05) is 48.2 Å². The maximum Gasteiger partial charge on any atom is 0.271 e. The second-order valence-electron chi connectivity index (χ2n) is 5.82. The molecule has 0 bridgehead atoms. The number of aromatic carboxylic acids is 1. The Hall–Kier alpha value is -3.46. The number of benzene rings is 2. The molecule has 9 heteroatoms. The standard InChI is InChI=1S/C19H17N5O3S/c1-24-12-21-23-19(24)28-11-14-4-6-15(7-5-14)17(25)22-20-10-13-2-8-16(9-3-13)18(26)27/h2-10,12H,11H2,1H3,(H,22,25)(H,26,27)/p-1/b20-10-. The molecule has 0 aliphatic rings. The van der Waals surface area contributed by atoms with E-state index in [4.69, 9.17) is 0 Å². The zero-order valence-electron chi connectivity index (χ0n) is 14.9. The van der Waals surface area contributed by atoms with Gasteiger partial charge in [-0.25, -0.2) is 5.43 Å². The minimum atomic E-state index is -1.24. The van der Waals surface area contributed by atoms with Crippen molar-refractivity contribution in [2.75, 3.05) is 0 Å².